The summed E-state index contributed by atoms with van der Waals surface area (Å²) in [6.07, 6.45) is 6.37. The minimum atomic E-state index is -0.0655. The van der Waals surface area contributed by atoms with Gasteiger partial charge in [0.25, 0.3) is 5.91 Å². The van der Waals surface area contributed by atoms with E-state index in [4.69, 9.17) is 0 Å². The third kappa shape index (κ3) is 4.63. The lowest BCUT2D eigenvalue weighted by Crippen LogP contribution is -2.34. The fourth-order valence-electron chi connectivity index (χ4n) is 3.06. The van der Waals surface area contributed by atoms with Crippen LogP contribution >= 0.6 is 0 Å². The number of amides is 1. The first-order valence-corrected chi connectivity index (χ1v) is 9.20. The maximum Gasteiger partial charge on any atom is 0.251 e. The van der Waals surface area contributed by atoms with Crippen LogP contribution in [-0.4, -0.2) is 41.0 Å². The highest BCUT2D eigenvalue weighted by Gasteiger charge is 2.16. The first-order chi connectivity index (χ1) is 13.1. The zero-order chi connectivity index (χ0) is 19.2. The number of carbonyl (C=O) groups is 1. The van der Waals surface area contributed by atoms with E-state index < -0.39 is 0 Å². The summed E-state index contributed by atoms with van der Waals surface area (Å²) in [6, 6.07) is 16.3. The highest BCUT2D eigenvalue weighted by molar-refractivity contribution is 5.94. The predicted molar refractivity (Wildman–Crippen MR) is 108 cm³/mol. The molecule has 5 nitrogen and oxygen atoms in total. The number of nitrogens with zero attached hydrogens (tertiary/aromatic N) is 3. The topological polar surface area (TPSA) is 50.2 Å². The summed E-state index contributed by atoms with van der Waals surface area (Å²) >= 11 is 0. The molecule has 0 spiro atoms. The highest BCUT2D eigenvalue weighted by Crippen LogP contribution is 2.18. The van der Waals surface area contributed by atoms with Crippen molar-refractivity contribution in [3.8, 4) is 5.69 Å². The van der Waals surface area contributed by atoms with Crippen molar-refractivity contribution in [2.45, 2.75) is 19.4 Å². The Morgan fingerprint density at radius 3 is 2.37 bits per heavy atom. The summed E-state index contributed by atoms with van der Waals surface area (Å²) in [4.78, 5) is 18.7. The fourth-order valence-corrected chi connectivity index (χ4v) is 3.06. The third-order valence-electron chi connectivity index (χ3n) is 4.78. The Morgan fingerprint density at radius 1 is 1.11 bits per heavy atom. The molecule has 2 aromatic carbocycles. The quantitative estimate of drug-likeness (QED) is 0.700. The van der Waals surface area contributed by atoms with Crippen LogP contribution in [-0.2, 0) is 6.42 Å². The molecule has 140 valence electrons. The number of hydrogen-bond donors (Lipinski definition) is 1. The summed E-state index contributed by atoms with van der Waals surface area (Å²) in [7, 11) is 4.06. The molecule has 27 heavy (non-hydrogen) atoms. The number of carbonyl (C=O) groups excluding carboxylic acids is 1. The van der Waals surface area contributed by atoms with Gasteiger partial charge in [-0.25, -0.2) is 4.98 Å². The summed E-state index contributed by atoms with van der Waals surface area (Å²) in [6.45, 7) is 2.71. The van der Waals surface area contributed by atoms with Gasteiger partial charge in [-0.05, 0) is 55.9 Å². The van der Waals surface area contributed by atoms with Gasteiger partial charge >= 0.3 is 0 Å². The largest absolute Gasteiger partial charge is 0.350 e. The lowest BCUT2D eigenvalue weighted by atomic mass is 10.0. The molecule has 1 aromatic heterocycles. The van der Waals surface area contributed by atoms with Gasteiger partial charge in [0.2, 0.25) is 0 Å². The Labute approximate surface area is 160 Å². The first-order valence-electron chi connectivity index (χ1n) is 9.20. The second kappa shape index (κ2) is 8.64. The molecule has 0 radical (unpaired) electrons. The SMILES string of the molecule is CCc1ccc(C(CNC(=O)c2ccc(-n3ccnc3)cc2)N(C)C)cc1. The van der Waals surface area contributed by atoms with Crippen molar-refractivity contribution in [2.24, 2.45) is 0 Å². The van der Waals surface area contributed by atoms with Crippen molar-refractivity contribution in [1.29, 1.82) is 0 Å². The third-order valence-corrected chi connectivity index (χ3v) is 4.78. The van der Waals surface area contributed by atoms with Crippen LogP contribution in [0.2, 0.25) is 0 Å². The Hall–Kier alpha value is -2.92. The maximum absolute atomic E-state index is 12.6. The molecular weight excluding hydrogens is 336 g/mol. The van der Waals surface area contributed by atoms with E-state index in [0.717, 1.165) is 12.1 Å². The van der Waals surface area contributed by atoms with Crippen molar-refractivity contribution in [2.75, 3.05) is 20.6 Å². The van der Waals surface area contributed by atoms with E-state index >= 15 is 0 Å². The van der Waals surface area contributed by atoms with Gasteiger partial charge in [-0.1, -0.05) is 31.2 Å². The Balaban J connectivity index is 1.65. The second-order valence-electron chi connectivity index (χ2n) is 6.80. The van der Waals surface area contributed by atoms with Crippen molar-refractivity contribution < 1.29 is 4.79 Å². The van der Waals surface area contributed by atoms with Crippen molar-refractivity contribution >= 4 is 5.91 Å². The summed E-state index contributed by atoms with van der Waals surface area (Å²) in [5.74, 6) is -0.0655. The molecule has 0 saturated heterocycles. The number of rotatable bonds is 7. The molecule has 1 unspecified atom stereocenters. The van der Waals surface area contributed by atoms with Gasteiger partial charge < -0.3 is 14.8 Å². The van der Waals surface area contributed by atoms with Crippen LogP contribution in [0, 0.1) is 0 Å². The van der Waals surface area contributed by atoms with Crippen LogP contribution < -0.4 is 5.32 Å². The molecule has 0 aliphatic carbocycles. The van der Waals surface area contributed by atoms with Gasteiger partial charge in [0.05, 0.1) is 12.4 Å². The van der Waals surface area contributed by atoms with Crippen LogP contribution in [0.3, 0.4) is 0 Å². The van der Waals surface area contributed by atoms with Gasteiger partial charge in [-0.3, -0.25) is 4.79 Å². The minimum absolute atomic E-state index is 0.0655. The van der Waals surface area contributed by atoms with Crippen LogP contribution in [0.15, 0.2) is 67.3 Å². The molecular formula is C22H26N4O. The van der Waals surface area contributed by atoms with E-state index in [1.807, 2.05) is 49.1 Å². The van der Waals surface area contributed by atoms with Gasteiger partial charge in [-0.15, -0.1) is 0 Å². The summed E-state index contributed by atoms with van der Waals surface area (Å²) < 4.78 is 1.91. The molecule has 3 aromatic rings. The molecule has 1 atom stereocenters. The first kappa shape index (κ1) is 18.9. The molecule has 0 saturated carbocycles. The molecule has 1 heterocycles. The molecule has 3 rings (SSSR count). The number of hydrogen-bond acceptors (Lipinski definition) is 3. The average Bonchev–Trinajstić information content (AvgIpc) is 3.23. The van der Waals surface area contributed by atoms with Crippen molar-refractivity contribution in [3.63, 3.8) is 0 Å². The summed E-state index contributed by atoms with van der Waals surface area (Å²) in [5, 5.41) is 3.06. The normalized spacial score (nSPS) is 12.1. The number of aryl methyl sites for hydroxylation is 1. The number of nitrogens with one attached hydrogen (secondary N) is 1. The fraction of sp³-hybridized carbons (Fsp3) is 0.273. The average molecular weight is 362 g/mol. The zero-order valence-electron chi connectivity index (χ0n) is 16.1. The van der Waals surface area contributed by atoms with E-state index in [1.165, 1.54) is 11.1 Å². The molecule has 0 fully saturated rings. The lowest BCUT2D eigenvalue weighted by molar-refractivity contribution is 0.0942. The van der Waals surface area contributed by atoms with Crippen LogP contribution in [0.1, 0.15) is 34.5 Å². The Morgan fingerprint density at radius 2 is 1.81 bits per heavy atom. The molecule has 1 amide bonds. The second-order valence-corrected chi connectivity index (χ2v) is 6.80. The van der Waals surface area contributed by atoms with Crippen molar-refractivity contribution in [1.82, 2.24) is 19.8 Å². The molecule has 0 aliphatic heterocycles. The van der Waals surface area contributed by atoms with E-state index in [9.17, 15) is 4.79 Å². The highest BCUT2D eigenvalue weighted by atomic mass is 16.1. The number of benzene rings is 2. The molecule has 0 bridgehead atoms. The predicted octanol–water partition coefficient (Wildman–Crippen LogP) is 3.47. The standard InChI is InChI=1S/C22H26N4O/c1-4-17-5-7-18(8-6-17)21(25(2)3)15-24-22(27)19-9-11-20(12-10-19)26-14-13-23-16-26/h5-14,16,21H,4,15H2,1-3H3,(H,24,27). The molecule has 0 aliphatic rings. The van der Waals surface area contributed by atoms with E-state index in [1.54, 1.807) is 12.5 Å². The Kier molecular flexibility index (Phi) is 6.04. The van der Waals surface area contributed by atoms with Crippen LogP contribution in [0.5, 0.6) is 0 Å². The zero-order valence-corrected chi connectivity index (χ0v) is 16.1. The minimum Gasteiger partial charge on any atom is -0.350 e. The van der Waals surface area contributed by atoms with E-state index in [-0.39, 0.29) is 11.9 Å². The maximum atomic E-state index is 12.6. The van der Waals surface area contributed by atoms with Gasteiger partial charge in [0.15, 0.2) is 0 Å². The monoisotopic (exact) mass is 362 g/mol. The number of likely N-dealkylation sites (N-methyl/N-ethyl adjacent to an activating group) is 1. The van der Waals surface area contributed by atoms with E-state index in [2.05, 4.69) is 46.4 Å². The van der Waals surface area contributed by atoms with Gasteiger partial charge in [0, 0.05) is 30.2 Å². The summed E-state index contributed by atoms with van der Waals surface area (Å²) in [5.41, 5.74) is 4.15. The number of imidazole rings is 1. The number of aromatic nitrogens is 2. The molecule has 1 N–H and O–H groups in total. The van der Waals surface area contributed by atoms with E-state index in [0.29, 0.717) is 12.1 Å². The smallest absolute Gasteiger partial charge is 0.251 e. The van der Waals surface area contributed by atoms with Crippen LogP contribution in [0.25, 0.3) is 5.69 Å². The van der Waals surface area contributed by atoms with Gasteiger partial charge in [0.1, 0.15) is 0 Å². The van der Waals surface area contributed by atoms with Gasteiger partial charge in [-0.2, -0.15) is 0 Å². The van der Waals surface area contributed by atoms with Crippen molar-refractivity contribution in [3.05, 3.63) is 83.9 Å². The molecule has 5 heteroatoms. The lowest BCUT2D eigenvalue weighted by Gasteiger charge is -2.25. The van der Waals surface area contributed by atoms with Crippen LogP contribution in [0.4, 0.5) is 0 Å². The Bertz CT molecular complexity index is 852.